The fourth-order valence-corrected chi connectivity index (χ4v) is 7.65. The molecule has 2 saturated heterocycles. The minimum atomic E-state index is -1.65. The molecule has 2 aliphatic heterocycles. The van der Waals surface area contributed by atoms with Crippen LogP contribution < -0.4 is 0 Å². The van der Waals surface area contributed by atoms with Gasteiger partial charge in [-0.3, -0.25) is 4.79 Å². The first kappa shape index (κ1) is 16.1. The summed E-state index contributed by atoms with van der Waals surface area (Å²) >= 11 is 0. The van der Waals surface area contributed by atoms with Crippen LogP contribution in [0.3, 0.4) is 0 Å². The summed E-state index contributed by atoms with van der Waals surface area (Å²) in [5.41, 5.74) is -0.365. The van der Waals surface area contributed by atoms with E-state index in [0.717, 1.165) is 19.3 Å². The van der Waals surface area contributed by atoms with E-state index in [1.54, 1.807) is 0 Å². The summed E-state index contributed by atoms with van der Waals surface area (Å²) in [6.07, 6.45) is 4.36. The van der Waals surface area contributed by atoms with Crippen molar-refractivity contribution in [2.45, 2.75) is 70.9 Å². The number of rotatable bonds is 2. The van der Waals surface area contributed by atoms with Gasteiger partial charge in [0.15, 0.2) is 8.32 Å². The molecule has 130 valence electrons. The van der Waals surface area contributed by atoms with Gasteiger partial charge in [0.2, 0.25) is 0 Å². The molecule has 2 aliphatic carbocycles. The maximum absolute atomic E-state index is 12.3. The summed E-state index contributed by atoms with van der Waals surface area (Å²) in [6.45, 7) is 12.6. The number of esters is 1. The first-order valence-corrected chi connectivity index (χ1v) is 12.6. The molecule has 0 N–H and O–H groups in total. The Labute approximate surface area is 140 Å². The van der Waals surface area contributed by atoms with Gasteiger partial charge in [-0.25, -0.2) is 0 Å². The number of carbonyl (C=O) groups excluding carboxylic acids is 1. The van der Waals surface area contributed by atoms with Gasteiger partial charge in [-0.15, -0.1) is 0 Å². The molecule has 0 spiro atoms. The van der Waals surface area contributed by atoms with Gasteiger partial charge in [0.05, 0.1) is 24.2 Å². The average Bonchev–Trinajstić information content (AvgIpc) is 3.03. The predicted octanol–water partition coefficient (Wildman–Crippen LogP) is 3.36. The smallest absolute Gasteiger partial charge is 0.309 e. The van der Waals surface area contributed by atoms with Crippen LogP contribution in [0.2, 0.25) is 19.6 Å². The largest absolute Gasteiger partial charge is 0.465 e. The molecule has 0 amide bonds. The highest BCUT2D eigenvalue weighted by Gasteiger charge is 2.78. The maximum Gasteiger partial charge on any atom is 0.309 e. The molecular weight excluding hydrogens is 308 g/mol. The molecule has 5 heteroatoms. The summed E-state index contributed by atoms with van der Waals surface area (Å²) in [5, 5.41) is 0. The molecule has 4 nitrogen and oxygen atoms in total. The van der Waals surface area contributed by atoms with E-state index in [0.29, 0.717) is 19.1 Å². The van der Waals surface area contributed by atoms with Crippen LogP contribution in [0, 0.1) is 22.7 Å². The summed E-state index contributed by atoms with van der Waals surface area (Å²) in [6, 6.07) is 0. The molecule has 0 bridgehead atoms. The third-order valence-corrected chi connectivity index (χ3v) is 8.44. The Morgan fingerprint density at radius 2 is 1.96 bits per heavy atom. The second-order valence-electron chi connectivity index (χ2n) is 9.45. The zero-order valence-electron chi connectivity index (χ0n) is 15.1. The van der Waals surface area contributed by atoms with E-state index in [1.165, 1.54) is 6.42 Å². The lowest BCUT2D eigenvalue weighted by atomic mass is 9.48. The molecule has 6 atom stereocenters. The van der Waals surface area contributed by atoms with Gasteiger partial charge in [-0.2, -0.15) is 0 Å². The van der Waals surface area contributed by atoms with Gasteiger partial charge in [0.25, 0.3) is 0 Å². The lowest BCUT2D eigenvalue weighted by Crippen LogP contribution is -2.64. The number of cyclic esters (lactones) is 1. The van der Waals surface area contributed by atoms with Crippen molar-refractivity contribution in [3.05, 3.63) is 0 Å². The summed E-state index contributed by atoms with van der Waals surface area (Å²) in [4.78, 5) is 12.3. The van der Waals surface area contributed by atoms with Crippen LogP contribution in [0.4, 0.5) is 0 Å². The van der Waals surface area contributed by atoms with Crippen molar-refractivity contribution in [3.8, 4) is 0 Å². The Hall–Kier alpha value is -0.393. The molecule has 0 aromatic carbocycles. The van der Waals surface area contributed by atoms with Crippen LogP contribution >= 0.6 is 0 Å². The molecule has 2 saturated carbocycles. The van der Waals surface area contributed by atoms with Crippen LogP contribution in [0.25, 0.3) is 0 Å². The molecule has 4 rings (SSSR count). The van der Waals surface area contributed by atoms with Crippen molar-refractivity contribution in [2.75, 3.05) is 13.2 Å². The minimum Gasteiger partial charge on any atom is -0.465 e. The van der Waals surface area contributed by atoms with Crippen LogP contribution in [-0.4, -0.2) is 39.2 Å². The van der Waals surface area contributed by atoms with Gasteiger partial charge < -0.3 is 13.9 Å². The van der Waals surface area contributed by atoms with Crippen LogP contribution in [0.15, 0.2) is 0 Å². The maximum atomic E-state index is 12.3. The van der Waals surface area contributed by atoms with Crippen molar-refractivity contribution in [1.29, 1.82) is 0 Å². The first-order valence-electron chi connectivity index (χ1n) is 9.15. The number of hydrogen-bond acceptors (Lipinski definition) is 4. The van der Waals surface area contributed by atoms with E-state index in [9.17, 15) is 4.79 Å². The summed E-state index contributed by atoms with van der Waals surface area (Å²) < 4.78 is 18.8. The van der Waals surface area contributed by atoms with Crippen molar-refractivity contribution < 1.29 is 18.7 Å². The molecule has 0 aromatic heterocycles. The minimum absolute atomic E-state index is 0.00607. The molecule has 4 aliphatic rings. The van der Waals surface area contributed by atoms with Crippen molar-refractivity contribution in [3.63, 3.8) is 0 Å². The highest BCUT2D eigenvalue weighted by molar-refractivity contribution is 6.69. The van der Waals surface area contributed by atoms with Gasteiger partial charge in [-0.1, -0.05) is 13.8 Å². The number of ether oxygens (including phenoxy) is 2. The van der Waals surface area contributed by atoms with Crippen molar-refractivity contribution in [2.24, 2.45) is 22.7 Å². The molecule has 0 unspecified atom stereocenters. The van der Waals surface area contributed by atoms with E-state index >= 15 is 0 Å². The van der Waals surface area contributed by atoms with E-state index in [2.05, 4.69) is 33.5 Å². The highest BCUT2D eigenvalue weighted by atomic mass is 28.4. The Kier molecular flexibility index (Phi) is 3.23. The molecule has 0 radical (unpaired) electrons. The first-order chi connectivity index (χ1) is 10.7. The lowest BCUT2D eigenvalue weighted by Gasteiger charge is -2.57. The van der Waals surface area contributed by atoms with Crippen LogP contribution in [-0.2, 0) is 18.7 Å². The second kappa shape index (κ2) is 4.61. The van der Waals surface area contributed by atoms with E-state index < -0.39 is 8.32 Å². The topological polar surface area (TPSA) is 44.8 Å². The zero-order valence-corrected chi connectivity index (χ0v) is 16.1. The normalized spacial score (nSPS) is 52.0. The van der Waals surface area contributed by atoms with E-state index in [1.807, 2.05) is 0 Å². The lowest BCUT2D eigenvalue weighted by molar-refractivity contribution is -0.187. The van der Waals surface area contributed by atoms with Gasteiger partial charge in [-0.05, 0) is 51.2 Å². The number of hydrogen-bond donors (Lipinski definition) is 0. The average molecular weight is 339 g/mol. The third kappa shape index (κ3) is 1.76. The Bertz CT molecular complexity index is 544. The Morgan fingerprint density at radius 1 is 1.22 bits per heavy atom. The van der Waals surface area contributed by atoms with E-state index in [-0.39, 0.29) is 34.4 Å². The molecule has 0 aromatic rings. The molecular formula is C18H30O4Si. The standard InChI is InChI=1S/C18H30O4Si/c1-12-6-9-18-16(2)11-20-15(19)13(16)7-8-17(12,18)14(10-21-18)22-23(3,4)5/h12-14H,6-11H2,1-5H3/t12-,13+,14-,16-,17+,18-/m1/s1. The molecule has 2 heterocycles. The highest BCUT2D eigenvalue weighted by Crippen LogP contribution is 2.73. The van der Waals surface area contributed by atoms with Gasteiger partial charge in [0.1, 0.15) is 6.61 Å². The van der Waals surface area contributed by atoms with Crippen LogP contribution in [0.5, 0.6) is 0 Å². The fraction of sp³-hybridized carbons (Fsp3) is 0.944. The molecule has 23 heavy (non-hydrogen) atoms. The zero-order chi connectivity index (χ0) is 16.7. The predicted molar refractivity (Wildman–Crippen MR) is 89.5 cm³/mol. The summed E-state index contributed by atoms with van der Waals surface area (Å²) in [5.74, 6) is 0.583. The number of carbonyl (C=O) groups is 1. The van der Waals surface area contributed by atoms with Crippen molar-refractivity contribution in [1.82, 2.24) is 0 Å². The fourth-order valence-electron chi connectivity index (χ4n) is 6.52. The third-order valence-electron chi connectivity index (χ3n) is 7.45. The second-order valence-corrected chi connectivity index (χ2v) is 13.9. The summed E-state index contributed by atoms with van der Waals surface area (Å²) in [7, 11) is -1.65. The number of fused-ring (bicyclic) bond motifs is 1. The molecule has 4 fully saturated rings. The van der Waals surface area contributed by atoms with Crippen LogP contribution in [0.1, 0.15) is 39.5 Å². The van der Waals surface area contributed by atoms with Crippen molar-refractivity contribution >= 4 is 14.3 Å². The van der Waals surface area contributed by atoms with Gasteiger partial charge in [0, 0.05) is 10.8 Å². The SMILES string of the molecule is C[C@@H]1CC[C@]23OC[C@@H](O[Si](C)(C)C)[C@]12CC[C@H]1C(=O)OC[C@]13C. The van der Waals surface area contributed by atoms with Gasteiger partial charge >= 0.3 is 5.97 Å². The quantitative estimate of drug-likeness (QED) is 0.572. The Balaban J connectivity index is 1.81. The Morgan fingerprint density at radius 3 is 2.65 bits per heavy atom. The van der Waals surface area contributed by atoms with E-state index in [4.69, 9.17) is 13.9 Å². The monoisotopic (exact) mass is 338 g/mol.